The first-order valence-corrected chi connectivity index (χ1v) is 8.79. The molecule has 2 N–H and O–H groups in total. The number of hydrogen-bond acceptors (Lipinski definition) is 5. The lowest BCUT2D eigenvalue weighted by atomic mass is 9.95. The van der Waals surface area contributed by atoms with Crippen molar-refractivity contribution in [2.24, 2.45) is 0 Å². The SMILES string of the molecule is COc1ccccc1CCNc1cc(NC2CCCCC2)ncn1. The predicted molar refractivity (Wildman–Crippen MR) is 97.7 cm³/mol. The maximum atomic E-state index is 5.39. The smallest absolute Gasteiger partial charge is 0.131 e. The van der Waals surface area contributed by atoms with Crippen molar-refractivity contribution in [3.05, 3.63) is 42.2 Å². The Morgan fingerprint density at radius 1 is 1.08 bits per heavy atom. The van der Waals surface area contributed by atoms with Gasteiger partial charge >= 0.3 is 0 Å². The molecule has 2 aromatic rings. The van der Waals surface area contributed by atoms with Gasteiger partial charge < -0.3 is 15.4 Å². The van der Waals surface area contributed by atoms with Crippen LogP contribution in [0.15, 0.2) is 36.7 Å². The third kappa shape index (κ3) is 4.60. The lowest BCUT2D eigenvalue weighted by molar-refractivity contribution is 0.410. The van der Waals surface area contributed by atoms with Gasteiger partial charge in [-0.15, -0.1) is 0 Å². The van der Waals surface area contributed by atoms with Gasteiger partial charge in [0.2, 0.25) is 0 Å². The van der Waals surface area contributed by atoms with Gasteiger partial charge in [0.25, 0.3) is 0 Å². The van der Waals surface area contributed by atoms with Crippen LogP contribution in [0.2, 0.25) is 0 Å². The number of aromatic nitrogens is 2. The Labute approximate surface area is 143 Å². The largest absolute Gasteiger partial charge is 0.496 e. The molecular weight excluding hydrogens is 300 g/mol. The van der Waals surface area contributed by atoms with Crippen LogP contribution in [0.25, 0.3) is 0 Å². The first kappa shape index (κ1) is 16.6. The van der Waals surface area contributed by atoms with Crippen LogP contribution in [-0.4, -0.2) is 29.7 Å². The van der Waals surface area contributed by atoms with E-state index >= 15 is 0 Å². The van der Waals surface area contributed by atoms with Gasteiger partial charge in [-0.05, 0) is 30.9 Å². The van der Waals surface area contributed by atoms with E-state index in [1.54, 1.807) is 13.4 Å². The molecule has 1 aromatic carbocycles. The van der Waals surface area contributed by atoms with Crippen molar-refractivity contribution in [2.45, 2.75) is 44.6 Å². The molecule has 1 aliphatic rings. The normalized spacial score (nSPS) is 15.0. The van der Waals surface area contributed by atoms with Crippen LogP contribution in [0.1, 0.15) is 37.7 Å². The third-order valence-electron chi connectivity index (χ3n) is 4.52. The van der Waals surface area contributed by atoms with Crippen molar-refractivity contribution < 1.29 is 4.74 Å². The topological polar surface area (TPSA) is 59.1 Å². The Hall–Kier alpha value is -2.30. The number of nitrogens with one attached hydrogen (secondary N) is 2. The molecule has 5 nitrogen and oxygen atoms in total. The fraction of sp³-hybridized carbons (Fsp3) is 0.474. The summed E-state index contributed by atoms with van der Waals surface area (Å²) in [5.74, 6) is 2.71. The minimum absolute atomic E-state index is 0.551. The van der Waals surface area contributed by atoms with E-state index in [1.807, 2.05) is 24.3 Å². The highest BCUT2D eigenvalue weighted by molar-refractivity contribution is 5.47. The molecule has 24 heavy (non-hydrogen) atoms. The lowest BCUT2D eigenvalue weighted by Crippen LogP contribution is -2.23. The van der Waals surface area contributed by atoms with Gasteiger partial charge in [-0.1, -0.05) is 37.5 Å². The number of ether oxygens (including phenoxy) is 1. The molecule has 0 radical (unpaired) electrons. The summed E-state index contributed by atoms with van der Waals surface area (Å²) in [6.45, 7) is 0.806. The first-order valence-electron chi connectivity index (χ1n) is 8.79. The van der Waals surface area contributed by atoms with E-state index in [-0.39, 0.29) is 0 Å². The van der Waals surface area contributed by atoms with E-state index in [2.05, 4.69) is 26.7 Å². The number of hydrogen-bond donors (Lipinski definition) is 2. The average molecular weight is 326 g/mol. The number of anilines is 2. The highest BCUT2D eigenvalue weighted by atomic mass is 16.5. The molecular formula is C19H26N4O. The van der Waals surface area contributed by atoms with E-state index in [0.717, 1.165) is 30.4 Å². The quantitative estimate of drug-likeness (QED) is 0.808. The van der Waals surface area contributed by atoms with Crippen LogP contribution in [0.4, 0.5) is 11.6 Å². The zero-order valence-corrected chi connectivity index (χ0v) is 14.3. The highest BCUT2D eigenvalue weighted by Crippen LogP contribution is 2.21. The van der Waals surface area contributed by atoms with Gasteiger partial charge in [0.05, 0.1) is 7.11 Å². The van der Waals surface area contributed by atoms with E-state index in [4.69, 9.17) is 4.74 Å². The van der Waals surface area contributed by atoms with Crippen molar-refractivity contribution in [3.63, 3.8) is 0 Å². The molecule has 0 bridgehead atoms. The van der Waals surface area contributed by atoms with Crippen LogP contribution in [0.3, 0.4) is 0 Å². The number of nitrogens with zero attached hydrogens (tertiary/aromatic N) is 2. The van der Waals surface area contributed by atoms with E-state index in [0.29, 0.717) is 6.04 Å². The summed E-state index contributed by atoms with van der Waals surface area (Å²) < 4.78 is 5.39. The number of benzene rings is 1. The van der Waals surface area contributed by atoms with Gasteiger partial charge in [-0.25, -0.2) is 9.97 Å². The van der Waals surface area contributed by atoms with Crippen molar-refractivity contribution >= 4 is 11.6 Å². The molecule has 5 heteroatoms. The maximum absolute atomic E-state index is 5.39. The first-order chi connectivity index (χ1) is 11.8. The maximum Gasteiger partial charge on any atom is 0.131 e. The summed E-state index contributed by atoms with van der Waals surface area (Å²) in [6, 6.07) is 10.7. The Morgan fingerprint density at radius 3 is 2.71 bits per heavy atom. The van der Waals surface area contributed by atoms with Gasteiger partial charge in [0, 0.05) is 18.7 Å². The van der Waals surface area contributed by atoms with Gasteiger partial charge in [0.15, 0.2) is 0 Å². The number of rotatable bonds is 7. The van der Waals surface area contributed by atoms with Crippen LogP contribution in [-0.2, 0) is 6.42 Å². The Kier molecular flexibility index (Phi) is 5.88. The van der Waals surface area contributed by atoms with E-state index in [9.17, 15) is 0 Å². The van der Waals surface area contributed by atoms with Gasteiger partial charge in [0.1, 0.15) is 23.7 Å². The Morgan fingerprint density at radius 2 is 1.88 bits per heavy atom. The van der Waals surface area contributed by atoms with E-state index in [1.165, 1.54) is 37.7 Å². The predicted octanol–water partition coefficient (Wildman–Crippen LogP) is 3.88. The second-order valence-electron chi connectivity index (χ2n) is 6.26. The monoisotopic (exact) mass is 326 g/mol. The van der Waals surface area contributed by atoms with Crippen LogP contribution in [0.5, 0.6) is 5.75 Å². The standard InChI is InChI=1S/C19H26N4O/c1-24-17-10-6-5-7-15(17)11-12-20-18-13-19(22-14-21-18)23-16-8-3-2-4-9-16/h5-7,10,13-14,16H,2-4,8-9,11-12H2,1H3,(H2,20,21,22,23). The molecule has 1 heterocycles. The summed E-state index contributed by atoms with van der Waals surface area (Å²) in [6.07, 6.45) is 8.97. The summed E-state index contributed by atoms with van der Waals surface area (Å²) >= 11 is 0. The molecule has 1 fully saturated rings. The third-order valence-corrected chi connectivity index (χ3v) is 4.52. The number of methoxy groups -OCH3 is 1. The Balaban J connectivity index is 1.52. The molecule has 0 spiro atoms. The minimum Gasteiger partial charge on any atom is -0.496 e. The average Bonchev–Trinajstić information content (AvgIpc) is 2.63. The second kappa shape index (κ2) is 8.52. The molecule has 128 valence electrons. The zero-order chi connectivity index (χ0) is 16.6. The van der Waals surface area contributed by atoms with Gasteiger partial charge in [-0.3, -0.25) is 0 Å². The zero-order valence-electron chi connectivity index (χ0n) is 14.3. The molecule has 0 saturated heterocycles. The summed E-state index contributed by atoms with van der Waals surface area (Å²) in [7, 11) is 1.71. The van der Waals surface area contributed by atoms with Gasteiger partial charge in [-0.2, -0.15) is 0 Å². The van der Waals surface area contributed by atoms with Crippen LogP contribution < -0.4 is 15.4 Å². The molecule has 1 saturated carbocycles. The van der Waals surface area contributed by atoms with Crippen molar-refractivity contribution in [1.29, 1.82) is 0 Å². The van der Waals surface area contributed by atoms with Crippen molar-refractivity contribution in [2.75, 3.05) is 24.3 Å². The van der Waals surface area contributed by atoms with Crippen LogP contribution >= 0.6 is 0 Å². The van der Waals surface area contributed by atoms with Crippen molar-refractivity contribution in [1.82, 2.24) is 9.97 Å². The molecule has 0 aliphatic heterocycles. The highest BCUT2D eigenvalue weighted by Gasteiger charge is 2.13. The lowest BCUT2D eigenvalue weighted by Gasteiger charge is -2.23. The van der Waals surface area contributed by atoms with Crippen LogP contribution in [0, 0.1) is 0 Å². The van der Waals surface area contributed by atoms with Crippen molar-refractivity contribution in [3.8, 4) is 5.75 Å². The Bertz CT molecular complexity index is 641. The van der Waals surface area contributed by atoms with E-state index < -0.39 is 0 Å². The molecule has 0 atom stereocenters. The minimum atomic E-state index is 0.551. The second-order valence-corrected chi connectivity index (χ2v) is 6.26. The molecule has 0 amide bonds. The number of para-hydroxylation sites is 1. The molecule has 3 rings (SSSR count). The fourth-order valence-corrected chi connectivity index (χ4v) is 3.22. The summed E-state index contributed by atoms with van der Waals surface area (Å²) in [5, 5.41) is 6.91. The molecule has 1 aromatic heterocycles. The fourth-order valence-electron chi connectivity index (χ4n) is 3.22. The molecule has 0 unspecified atom stereocenters. The summed E-state index contributed by atoms with van der Waals surface area (Å²) in [5.41, 5.74) is 1.20. The summed E-state index contributed by atoms with van der Waals surface area (Å²) in [4.78, 5) is 8.66. The molecule has 1 aliphatic carbocycles.